The largest absolute Gasteiger partial charge is 0.434 e. The SMILES string of the molecule is C[C@H]1CCCC12CCN(c1cnc(Sc3cccnc3C(F)(F)F)c(N)n1)CC2.S. The molecule has 1 atom stereocenters. The average Bonchev–Trinajstić information content (AvgIpc) is 3.03. The second-order valence-electron chi connectivity index (χ2n) is 8.01. The van der Waals surface area contributed by atoms with Gasteiger partial charge in [0.2, 0.25) is 0 Å². The highest BCUT2D eigenvalue weighted by Gasteiger charge is 2.42. The normalized spacial score (nSPS) is 20.9. The lowest BCUT2D eigenvalue weighted by Gasteiger charge is -2.42. The molecule has 2 N–H and O–H groups in total. The third kappa shape index (κ3) is 4.49. The van der Waals surface area contributed by atoms with E-state index in [1.807, 2.05) is 0 Å². The van der Waals surface area contributed by atoms with E-state index in [1.54, 1.807) is 6.20 Å². The smallest absolute Gasteiger partial charge is 0.381 e. The highest BCUT2D eigenvalue weighted by Crippen LogP contribution is 2.50. The Bertz CT molecular complexity index is 885. The lowest BCUT2D eigenvalue weighted by Crippen LogP contribution is -2.41. The molecule has 30 heavy (non-hydrogen) atoms. The van der Waals surface area contributed by atoms with E-state index in [1.165, 1.54) is 31.4 Å². The van der Waals surface area contributed by atoms with Crippen molar-refractivity contribution in [1.29, 1.82) is 0 Å². The number of aromatic nitrogens is 3. The Kier molecular flexibility index (Phi) is 6.76. The molecule has 2 aliphatic rings. The summed E-state index contributed by atoms with van der Waals surface area (Å²) < 4.78 is 39.5. The van der Waals surface area contributed by atoms with Crippen molar-refractivity contribution >= 4 is 36.9 Å². The van der Waals surface area contributed by atoms with Gasteiger partial charge in [0.25, 0.3) is 0 Å². The van der Waals surface area contributed by atoms with Crippen molar-refractivity contribution in [2.24, 2.45) is 11.3 Å². The summed E-state index contributed by atoms with van der Waals surface area (Å²) >= 11 is 0.839. The maximum absolute atomic E-state index is 13.2. The highest BCUT2D eigenvalue weighted by molar-refractivity contribution is 7.99. The van der Waals surface area contributed by atoms with E-state index < -0.39 is 11.9 Å². The van der Waals surface area contributed by atoms with E-state index in [2.05, 4.69) is 26.8 Å². The van der Waals surface area contributed by atoms with Crippen LogP contribution >= 0.6 is 25.3 Å². The van der Waals surface area contributed by atoms with Gasteiger partial charge in [0.15, 0.2) is 11.5 Å². The summed E-state index contributed by atoms with van der Waals surface area (Å²) in [5, 5.41) is 0.255. The minimum atomic E-state index is -4.53. The molecule has 1 saturated heterocycles. The first kappa shape index (κ1) is 23.0. The third-order valence-electron chi connectivity index (χ3n) is 6.44. The van der Waals surface area contributed by atoms with Crippen LogP contribution in [-0.2, 0) is 6.18 Å². The van der Waals surface area contributed by atoms with E-state index in [0.29, 0.717) is 11.2 Å². The molecule has 1 aliphatic carbocycles. The summed E-state index contributed by atoms with van der Waals surface area (Å²) in [6.45, 7) is 4.18. The molecule has 2 aromatic heterocycles. The lowest BCUT2D eigenvalue weighted by atomic mass is 9.71. The van der Waals surface area contributed by atoms with Crippen molar-refractivity contribution in [3.8, 4) is 0 Å². The van der Waals surface area contributed by atoms with Crippen molar-refractivity contribution in [3.63, 3.8) is 0 Å². The van der Waals surface area contributed by atoms with E-state index in [4.69, 9.17) is 5.73 Å². The number of alkyl halides is 3. The summed E-state index contributed by atoms with van der Waals surface area (Å²) in [6.07, 6.45) is 4.40. The van der Waals surface area contributed by atoms with Crippen molar-refractivity contribution in [3.05, 3.63) is 30.2 Å². The molecule has 0 radical (unpaired) electrons. The molecule has 164 valence electrons. The number of hydrogen-bond donors (Lipinski definition) is 1. The van der Waals surface area contributed by atoms with Gasteiger partial charge in [0.1, 0.15) is 10.8 Å². The topological polar surface area (TPSA) is 67.9 Å². The molecule has 0 amide bonds. The van der Waals surface area contributed by atoms with Gasteiger partial charge in [0.05, 0.1) is 6.20 Å². The Hall–Kier alpha value is -1.68. The first-order valence-corrected chi connectivity index (χ1v) is 10.7. The van der Waals surface area contributed by atoms with Crippen molar-refractivity contribution in [2.45, 2.75) is 55.1 Å². The minimum Gasteiger partial charge on any atom is -0.381 e. The zero-order valence-electron chi connectivity index (χ0n) is 16.7. The van der Waals surface area contributed by atoms with Crippen LogP contribution in [0.3, 0.4) is 0 Å². The summed E-state index contributed by atoms with van der Waals surface area (Å²) in [7, 11) is 0. The summed E-state index contributed by atoms with van der Waals surface area (Å²) in [6, 6.07) is 2.82. The summed E-state index contributed by atoms with van der Waals surface area (Å²) in [5.41, 5.74) is 5.57. The van der Waals surface area contributed by atoms with Crippen molar-refractivity contribution < 1.29 is 13.2 Å². The maximum Gasteiger partial charge on any atom is 0.434 e. The molecule has 1 aliphatic heterocycles. The van der Waals surface area contributed by atoms with E-state index in [0.717, 1.165) is 49.8 Å². The van der Waals surface area contributed by atoms with E-state index >= 15 is 0 Å². The molecule has 1 saturated carbocycles. The van der Waals surface area contributed by atoms with Crippen LogP contribution < -0.4 is 10.6 Å². The van der Waals surface area contributed by atoms with Crippen LogP contribution in [-0.4, -0.2) is 28.0 Å². The molecule has 4 rings (SSSR count). The minimum absolute atomic E-state index is 0. The Morgan fingerprint density at radius 2 is 1.93 bits per heavy atom. The molecule has 1 spiro atoms. The molecular formula is C20H26F3N5S2. The quantitative estimate of drug-likeness (QED) is 0.688. The predicted octanol–water partition coefficient (Wildman–Crippen LogP) is 5.14. The molecule has 0 bridgehead atoms. The van der Waals surface area contributed by atoms with Gasteiger partial charge in [-0.1, -0.05) is 31.5 Å². The monoisotopic (exact) mass is 457 g/mol. The van der Waals surface area contributed by atoms with Gasteiger partial charge in [-0.2, -0.15) is 26.7 Å². The van der Waals surface area contributed by atoms with Gasteiger partial charge < -0.3 is 10.6 Å². The van der Waals surface area contributed by atoms with Crippen LogP contribution in [0.2, 0.25) is 0 Å². The van der Waals surface area contributed by atoms with Gasteiger partial charge in [-0.25, -0.2) is 9.97 Å². The molecule has 2 fully saturated rings. The number of anilines is 2. The molecule has 0 aromatic carbocycles. The highest BCUT2D eigenvalue weighted by atomic mass is 32.2. The van der Waals surface area contributed by atoms with Crippen molar-refractivity contribution in [2.75, 3.05) is 23.7 Å². The number of piperidine rings is 1. The Labute approximate surface area is 185 Å². The van der Waals surface area contributed by atoms with Crippen LogP contribution in [0.15, 0.2) is 34.4 Å². The van der Waals surface area contributed by atoms with Gasteiger partial charge in [-0.3, -0.25) is 4.98 Å². The summed E-state index contributed by atoms with van der Waals surface area (Å²) in [5.74, 6) is 1.59. The predicted molar refractivity (Wildman–Crippen MR) is 117 cm³/mol. The molecule has 5 nitrogen and oxygen atoms in total. The first-order valence-electron chi connectivity index (χ1n) is 9.86. The zero-order chi connectivity index (χ0) is 20.6. The number of nitrogen functional groups attached to an aromatic ring is 1. The fourth-order valence-corrected chi connectivity index (χ4v) is 5.52. The van der Waals surface area contributed by atoms with Crippen LogP contribution in [0.4, 0.5) is 24.8 Å². The molecule has 2 aromatic rings. The number of rotatable bonds is 3. The fourth-order valence-electron chi connectivity index (χ4n) is 4.64. The Morgan fingerprint density at radius 1 is 1.20 bits per heavy atom. The average molecular weight is 458 g/mol. The van der Waals surface area contributed by atoms with Gasteiger partial charge in [-0.05, 0) is 42.7 Å². The first-order chi connectivity index (χ1) is 13.8. The lowest BCUT2D eigenvalue weighted by molar-refractivity contribution is -0.143. The van der Waals surface area contributed by atoms with Crippen molar-refractivity contribution in [1.82, 2.24) is 15.0 Å². The number of nitrogens with zero attached hydrogens (tertiary/aromatic N) is 4. The van der Waals surface area contributed by atoms with Gasteiger partial charge >= 0.3 is 6.18 Å². The summed E-state index contributed by atoms with van der Waals surface area (Å²) in [4.78, 5) is 14.4. The standard InChI is InChI=1S/C20H24F3N5S.H2S/c1-13-4-2-6-19(13)7-10-28(11-8-19)15-12-26-18(17(24)27-15)29-14-5-3-9-25-16(14)20(21,22)23;/h3,5,9,12-13H,2,4,6-8,10-11H2,1H3,(H2,24,27);1H2/t13-;/m0./s1. The van der Waals surface area contributed by atoms with Crippen LogP contribution in [0.1, 0.15) is 44.7 Å². The number of pyridine rings is 1. The van der Waals surface area contributed by atoms with Crippen LogP contribution in [0, 0.1) is 11.3 Å². The molecule has 3 heterocycles. The number of nitrogens with two attached hydrogens (primary N) is 1. The Morgan fingerprint density at radius 3 is 2.53 bits per heavy atom. The van der Waals surface area contributed by atoms with E-state index in [9.17, 15) is 13.2 Å². The Balaban J connectivity index is 0.00000256. The number of hydrogen-bond acceptors (Lipinski definition) is 6. The second kappa shape index (κ2) is 8.82. The van der Waals surface area contributed by atoms with Crippen LogP contribution in [0.25, 0.3) is 0 Å². The fraction of sp³-hybridized carbons (Fsp3) is 0.550. The maximum atomic E-state index is 13.2. The van der Waals surface area contributed by atoms with Gasteiger partial charge in [-0.15, -0.1) is 0 Å². The molecule has 10 heteroatoms. The van der Waals surface area contributed by atoms with Crippen LogP contribution in [0.5, 0.6) is 0 Å². The van der Waals surface area contributed by atoms with Gasteiger partial charge in [0, 0.05) is 24.2 Å². The van der Waals surface area contributed by atoms with E-state index in [-0.39, 0.29) is 29.2 Å². The zero-order valence-corrected chi connectivity index (χ0v) is 18.6. The second-order valence-corrected chi connectivity index (χ2v) is 9.04. The third-order valence-corrected chi connectivity index (χ3v) is 7.49. The molecular weight excluding hydrogens is 431 g/mol. The molecule has 0 unspecified atom stereocenters. The number of halogens is 3.